The molecule has 0 saturated heterocycles. The van der Waals surface area contributed by atoms with Gasteiger partial charge in [0.05, 0.1) is 0 Å². The van der Waals surface area contributed by atoms with E-state index >= 15 is 0 Å². The molecule has 1 N–H and O–H groups in total. The van der Waals surface area contributed by atoms with Gasteiger partial charge in [-0.05, 0) is 36.1 Å². The van der Waals surface area contributed by atoms with Crippen LogP contribution in [0.4, 0.5) is 0 Å². The fourth-order valence-electron chi connectivity index (χ4n) is 1.89. The molecule has 2 nitrogen and oxygen atoms in total. The number of carbonyl (C=O) groups is 1. The van der Waals surface area contributed by atoms with Crippen molar-refractivity contribution in [3.05, 3.63) is 35.4 Å². The molecule has 0 aliphatic carbocycles. The van der Waals surface area contributed by atoms with Crippen molar-refractivity contribution in [3.63, 3.8) is 0 Å². The van der Waals surface area contributed by atoms with Gasteiger partial charge in [0.25, 0.3) is 0 Å². The predicted molar refractivity (Wildman–Crippen MR) is 97.5 cm³/mol. The van der Waals surface area contributed by atoms with Gasteiger partial charge in [-0.25, -0.2) is 0 Å². The lowest BCUT2D eigenvalue weighted by atomic mass is 10.1. The molecule has 1 amide bonds. The van der Waals surface area contributed by atoms with Crippen molar-refractivity contribution in [3.8, 4) is 11.5 Å². The van der Waals surface area contributed by atoms with Gasteiger partial charge in [-0.2, -0.15) is 0 Å². The number of benzene rings is 1. The van der Waals surface area contributed by atoms with E-state index in [1.165, 1.54) is 5.56 Å². The Morgan fingerprint density at radius 1 is 1.23 bits per heavy atom. The second kappa shape index (κ2) is 7.15. The monoisotopic (exact) mass is 315 g/mol. The van der Waals surface area contributed by atoms with Crippen LogP contribution in [0, 0.1) is 11.5 Å². The minimum absolute atomic E-state index is 0.0179. The molecule has 3 heteroatoms. The van der Waals surface area contributed by atoms with Crippen molar-refractivity contribution in [2.24, 2.45) is 0 Å². The van der Waals surface area contributed by atoms with Gasteiger partial charge < -0.3 is 5.32 Å². The van der Waals surface area contributed by atoms with Gasteiger partial charge in [-0.15, -0.1) is 5.54 Å². The van der Waals surface area contributed by atoms with Crippen LogP contribution in [0.3, 0.4) is 0 Å². The van der Waals surface area contributed by atoms with Crippen molar-refractivity contribution < 1.29 is 4.79 Å². The molecule has 1 rings (SSSR count). The van der Waals surface area contributed by atoms with E-state index in [1.807, 2.05) is 6.92 Å². The lowest BCUT2D eigenvalue weighted by molar-refractivity contribution is -0.119. The maximum Gasteiger partial charge on any atom is 0.217 e. The molecule has 0 saturated carbocycles. The van der Waals surface area contributed by atoms with E-state index < -0.39 is 8.07 Å². The average Bonchev–Trinajstić information content (AvgIpc) is 2.35. The molecule has 0 radical (unpaired) electrons. The van der Waals surface area contributed by atoms with E-state index in [1.54, 1.807) is 6.92 Å². The summed E-state index contributed by atoms with van der Waals surface area (Å²) in [5.74, 6) is 3.36. The molecule has 0 fully saturated rings. The highest BCUT2D eigenvalue weighted by molar-refractivity contribution is 6.87. The standard InChI is InChI=1S/C19H29NOSi/c1-15(20-16(2)21)14-18-10-8-17(9-11-18)12-13-22(6,7)19(3,4)5/h8-11,15H,14H2,1-7H3,(H,20,21). The predicted octanol–water partition coefficient (Wildman–Crippen LogP) is 4.15. The summed E-state index contributed by atoms with van der Waals surface area (Å²) < 4.78 is 0. The first-order valence-corrected chi connectivity index (χ1v) is 10.9. The highest BCUT2D eigenvalue weighted by atomic mass is 28.3. The second-order valence-electron chi connectivity index (χ2n) is 7.63. The number of rotatable bonds is 3. The van der Waals surface area contributed by atoms with E-state index in [4.69, 9.17) is 0 Å². The van der Waals surface area contributed by atoms with Crippen molar-refractivity contribution in [1.29, 1.82) is 0 Å². The fourth-order valence-corrected chi connectivity index (χ4v) is 2.72. The normalized spacial score (nSPS) is 13.0. The van der Waals surface area contributed by atoms with E-state index in [9.17, 15) is 4.79 Å². The third kappa shape index (κ3) is 5.69. The molecule has 0 aromatic heterocycles. The third-order valence-electron chi connectivity index (χ3n) is 4.34. The lowest BCUT2D eigenvalue weighted by Crippen LogP contribution is -2.35. The van der Waals surface area contributed by atoms with Crippen LogP contribution < -0.4 is 5.32 Å². The summed E-state index contributed by atoms with van der Waals surface area (Å²) in [6.07, 6.45) is 0.843. The average molecular weight is 316 g/mol. The van der Waals surface area contributed by atoms with Crippen LogP contribution >= 0.6 is 0 Å². The van der Waals surface area contributed by atoms with E-state index in [2.05, 4.69) is 74.9 Å². The van der Waals surface area contributed by atoms with Crippen LogP contribution in [-0.2, 0) is 11.2 Å². The van der Waals surface area contributed by atoms with Crippen LogP contribution in [0.15, 0.2) is 24.3 Å². The van der Waals surface area contributed by atoms with Crippen LogP contribution in [0.2, 0.25) is 18.1 Å². The molecule has 22 heavy (non-hydrogen) atoms. The minimum Gasteiger partial charge on any atom is -0.354 e. The van der Waals surface area contributed by atoms with Gasteiger partial charge in [0, 0.05) is 18.5 Å². The van der Waals surface area contributed by atoms with Gasteiger partial charge in [0.15, 0.2) is 0 Å². The Kier molecular flexibility index (Phi) is 6.02. The number of carbonyl (C=O) groups excluding carboxylic acids is 1. The summed E-state index contributed by atoms with van der Waals surface area (Å²) in [6, 6.07) is 8.52. The summed E-state index contributed by atoms with van der Waals surface area (Å²) in [4.78, 5) is 11.0. The van der Waals surface area contributed by atoms with Crippen LogP contribution in [0.5, 0.6) is 0 Å². The zero-order valence-corrected chi connectivity index (χ0v) is 16.0. The zero-order valence-electron chi connectivity index (χ0n) is 15.0. The van der Waals surface area contributed by atoms with Gasteiger partial charge >= 0.3 is 0 Å². The van der Waals surface area contributed by atoms with Crippen LogP contribution in [0.1, 0.15) is 45.7 Å². The Morgan fingerprint density at radius 2 is 1.77 bits per heavy atom. The molecule has 0 bridgehead atoms. The quantitative estimate of drug-likeness (QED) is 0.659. The molecule has 1 atom stereocenters. The van der Waals surface area contributed by atoms with Gasteiger partial charge in [0.2, 0.25) is 5.91 Å². The smallest absolute Gasteiger partial charge is 0.217 e. The molecule has 1 aromatic carbocycles. The number of hydrogen-bond donors (Lipinski definition) is 1. The highest BCUT2D eigenvalue weighted by Gasteiger charge is 2.33. The summed E-state index contributed by atoms with van der Waals surface area (Å²) >= 11 is 0. The van der Waals surface area contributed by atoms with E-state index in [-0.39, 0.29) is 17.0 Å². The molecule has 1 aromatic rings. The number of hydrogen-bond acceptors (Lipinski definition) is 1. The zero-order chi connectivity index (χ0) is 17.0. The van der Waals surface area contributed by atoms with E-state index in [0.717, 1.165) is 12.0 Å². The maximum absolute atomic E-state index is 11.0. The summed E-state index contributed by atoms with van der Waals surface area (Å²) in [5.41, 5.74) is 5.83. The summed E-state index contributed by atoms with van der Waals surface area (Å²) in [5, 5.41) is 3.19. The first-order chi connectivity index (χ1) is 10.0. The van der Waals surface area contributed by atoms with Crippen molar-refractivity contribution in [2.45, 2.75) is 65.2 Å². The minimum atomic E-state index is -1.55. The highest BCUT2D eigenvalue weighted by Crippen LogP contribution is 2.35. The number of amides is 1. The van der Waals surface area contributed by atoms with Crippen molar-refractivity contribution in [2.75, 3.05) is 0 Å². The largest absolute Gasteiger partial charge is 0.354 e. The fraction of sp³-hybridized carbons (Fsp3) is 0.526. The molecule has 1 unspecified atom stereocenters. The Hall–Kier alpha value is -1.53. The first kappa shape index (κ1) is 18.5. The maximum atomic E-state index is 11.0. The molecule has 0 heterocycles. The molecular weight excluding hydrogens is 286 g/mol. The Bertz CT molecular complexity index is 570. The van der Waals surface area contributed by atoms with Crippen LogP contribution in [-0.4, -0.2) is 20.0 Å². The molecule has 120 valence electrons. The molecular formula is C19H29NOSi. The SMILES string of the molecule is CC(=O)NC(C)Cc1ccc(C#C[Si](C)(C)C(C)(C)C)cc1. The number of nitrogens with one attached hydrogen (secondary N) is 1. The molecule has 0 aliphatic heterocycles. The van der Waals surface area contributed by atoms with Crippen LogP contribution in [0.25, 0.3) is 0 Å². The van der Waals surface area contributed by atoms with Crippen molar-refractivity contribution in [1.82, 2.24) is 5.32 Å². The second-order valence-corrected chi connectivity index (χ2v) is 12.6. The topological polar surface area (TPSA) is 29.1 Å². The third-order valence-corrected chi connectivity index (χ3v) is 8.84. The Balaban J connectivity index is 2.77. The van der Waals surface area contributed by atoms with Crippen molar-refractivity contribution >= 4 is 14.0 Å². The first-order valence-electron chi connectivity index (χ1n) is 7.90. The molecule has 0 spiro atoms. The van der Waals surface area contributed by atoms with Gasteiger partial charge in [0.1, 0.15) is 8.07 Å². The summed E-state index contributed by atoms with van der Waals surface area (Å²) in [7, 11) is -1.55. The summed E-state index contributed by atoms with van der Waals surface area (Å²) in [6.45, 7) is 15.1. The Labute approximate surface area is 136 Å². The molecule has 0 aliphatic rings. The van der Waals surface area contributed by atoms with E-state index in [0.29, 0.717) is 0 Å². The van der Waals surface area contributed by atoms with Gasteiger partial charge in [-0.1, -0.05) is 51.9 Å². The lowest BCUT2D eigenvalue weighted by Gasteiger charge is -2.31. The van der Waals surface area contributed by atoms with Gasteiger partial charge in [-0.3, -0.25) is 4.79 Å². The Morgan fingerprint density at radius 3 is 2.23 bits per heavy atom.